The molecule has 0 unspecified atom stereocenters. The molecule has 24 heavy (non-hydrogen) atoms. The van der Waals surface area contributed by atoms with E-state index in [2.05, 4.69) is 5.32 Å². The van der Waals surface area contributed by atoms with Crippen LogP contribution in [0, 0.1) is 21.7 Å². The van der Waals surface area contributed by atoms with Crippen molar-refractivity contribution in [3.8, 4) is 0 Å². The van der Waals surface area contributed by atoms with Gasteiger partial charge in [-0.1, -0.05) is 23.2 Å². The van der Waals surface area contributed by atoms with E-state index in [4.69, 9.17) is 23.2 Å². The third kappa shape index (κ3) is 3.80. The van der Waals surface area contributed by atoms with Crippen LogP contribution in [0.3, 0.4) is 0 Å². The Hall–Kier alpha value is -2.25. The number of nitro groups is 1. The van der Waals surface area contributed by atoms with E-state index >= 15 is 0 Å². The molecule has 0 aliphatic rings. The zero-order valence-corrected chi connectivity index (χ0v) is 13.7. The number of nitrogens with zero attached hydrogens (tertiary/aromatic N) is 1. The van der Waals surface area contributed by atoms with Crippen molar-refractivity contribution in [2.24, 2.45) is 0 Å². The molecule has 0 aromatic heterocycles. The summed E-state index contributed by atoms with van der Waals surface area (Å²) < 4.78 is 26.8. The summed E-state index contributed by atoms with van der Waals surface area (Å²) in [6.45, 7) is 1.55. The van der Waals surface area contributed by atoms with Gasteiger partial charge in [0.25, 0.3) is 5.91 Å². The minimum atomic E-state index is -1.05. The highest BCUT2D eigenvalue weighted by atomic mass is 35.5. The van der Waals surface area contributed by atoms with E-state index in [1.165, 1.54) is 6.07 Å². The second-order valence-corrected chi connectivity index (χ2v) is 5.72. The first-order valence-corrected chi connectivity index (χ1v) is 7.35. The van der Waals surface area contributed by atoms with Crippen LogP contribution in [0.1, 0.15) is 28.9 Å². The van der Waals surface area contributed by atoms with E-state index in [1.54, 1.807) is 6.92 Å². The van der Waals surface area contributed by atoms with Crippen LogP contribution in [0.15, 0.2) is 30.3 Å². The molecule has 5 nitrogen and oxygen atoms in total. The lowest BCUT2D eigenvalue weighted by Gasteiger charge is -2.16. The predicted octanol–water partition coefficient (Wildman–Crippen LogP) is 4.67. The first kappa shape index (κ1) is 18.1. The number of rotatable bonds is 4. The highest BCUT2D eigenvalue weighted by molar-refractivity contribution is 6.35. The molecule has 0 saturated carbocycles. The van der Waals surface area contributed by atoms with Gasteiger partial charge in [0.15, 0.2) is 0 Å². The molecule has 0 radical (unpaired) electrons. The summed E-state index contributed by atoms with van der Waals surface area (Å²) in [5.74, 6) is -2.45. The summed E-state index contributed by atoms with van der Waals surface area (Å²) in [5, 5.41) is 13.2. The molecule has 0 fully saturated rings. The number of carbonyl (C=O) groups is 1. The van der Waals surface area contributed by atoms with Gasteiger partial charge < -0.3 is 5.32 Å². The predicted molar refractivity (Wildman–Crippen MR) is 85.4 cm³/mol. The maximum Gasteiger partial charge on any atom is 0.305 e. The molecule has 0 bridgehead atoms. The van der Waals surface area contributed by atoms with Crippen LogP contribution < -0.4 is 5.32 Å². The molecule has 1 amide bonds. The lowest BCUT2D eigenvalue weighted by molar-refractivity contribution is -0.387. The number of hydrogen-bond donors (Lipinski definition) is 1. The van der Waals surface area contributed by atoms with Gasteiger partial charge in [-0.3, -0.25) is 14.9 Å². The molecule has 2 rings (SSSR count). The fourth-order valence-corrected chi connectivity index (χ4v) is 2.57. The number of hydrogen-bond acceptors (Lipinski definition) is 3. The highest BCUT2D eigenvalue weighted by Crippen LogP contribution is 2.29. The number of carbonyl (C=O) groups excluding carboxylic acids is 1. The second kappa shape index (κ2) is 7.11. The molecule has 126 valence electrons. The fourth-order valence-electron chi connectivity index (χ4n) is 2.02. The van der Waals surface area contributed by atoms with Crippen LogP contribution >= 0.6 is 23.2 Å². The van der Waals surface area contributed by atoms with Gasteiger partial charge in [0.2, 0.25) is 5.82 Å². The molecule has 0 saturated heterocycles. The molecule has 2 aromatic rings. The molecule has 1 N–H and O–H groups in total. The molecule has 0 heterocycles. The Labute approximate surface area is 145 Å². The first-order valence-electron chi connectivity index (χ1n) is 6.60. The van der Waals surface area contributed by atoms with Crippen molar-refractivity contribution >= 4 is 34.8 Å². The Morgan fingerprint density at radius 2 is 1.83 bits per heavy atom. The molecule has 0 aliphatic carbocycles. The summed E-state index contributed by atoms with van der Waals surface area (Å²) in [6.07, 6.45) is 0. The topological polar surface area (TPSA) is 72.2 Å². The van der Waals surface area contributed by atoms with Gasteiger partial charge in [0, 0.05) is 16.7 Å². The summed E-state index contributed by atoms with van der Waals surface area (Å²) in [5.41, 5.74) is -0.644. The molecule has 1 atom stereocenters. The van der Waals surface area contributed by atoms with Crippen molar-refractivity contribution in [3.05, 3.63) is 73.3 Å². The average molecular weight is 375 g/mol. The molecule has 0 aliphatic heterocycles. The summed E-state index contributed by atoms with van der Waals surface area (Å²) in [7, 11) is 0. The zero-order chi connectivity index (χ0) is 18.0. The molecule has 2 aromatic carbocycles. The van der Waals surface area contributed by atoms with Crippen LogP contribution in [0.25, 0.3) is 0 Å². The summed E-state index contributed by atoms with van der Waals surface area (Å²) in [6, 6.07) is 4.34. The number of nitrogens with one attached hydrogen (secondary N) is 1. The number of amides is 1. The molecular weight excluding hydrogens is 365 g/mol. The van der Waals surface area contributed by atoms with E-state index in [9.17, 15) is 23.7 Å². The van der Waals surface area contributed by atoms with E-state index < -0.39 is 34.2 Å². The number of halogens is 4. The zero-order valence-electron chi connectivity index (χ0n) is 12.1. The van der Waals surface area contributed by atoms with Crippen LogP contribution in [0.5, 0.6) is 0 Å². The van der Waals surface area contributed by atoms with Crippen LogP contribution in [0.2, 0.25) is 10.0 Å². The smallest absolute Gasteiger partial charge is 0.305 e. The normalized spacial score (nSPS) is 11.9. The van der Waals surface area contributed by atoms with Gasteiger partial charge in [-0.05, 0) is 36.8 Å². The SMILES string of the molecule is C[C@H](NC(=O)c1ccc(F)c([N+](=O)[O-])c1)c1cc(F)c(Cl)cc1Cl. The second-order valence-electron chi connectivity index (χ2n) is 4.91. The Bertz CT molecular complexity index is 831. The van der Waals surface area contributed by atoms with Crippen molar-refractivity contribution in [1.29, 1.82) is 0 Å². The van der Waals surface area contributed by atoms with E-state index in [0.29, 0.717) is 0 Å². The lowest BCUT2D eigenvalue weighted by Crippen LogP contribution is -2.27. The van der Waals surface area contributed by atoms with Gasteiger partial charge in [-0.2, -0.15) is 4.39 Å². The third-order valence-electron chi connectivity index (χ3n) is 3.26. The Kier molecular flexibility index (Phi) is 5.36. The van der Waals surface area contributed by atoms with Crippen LogP contribution in [0.4, 0.5) is 14.5 Å². The number of nitro benzene ring substituents is 1. The Morgan fingerprint density at radius 3 is 2.46 bits per heavy atom. The van der Waals surface area contributed by atoms with Crippen molar-refractivity contribution in [2.75, 3.05) is 0 Å². The van der Waals surface area contributed by atoms with Crippen LogP contribution in [-0.4, -0.2) is 10.8 Å². The first-order chi connectivity index (χ1) is 11.2. The quantitative estimate of drug-likeness (QED) is 0.480. The maximum atomic E-state index is 13.5. The minimum Gasteiger partial charge on any atom is -0.345 e. The van der Waals surface area contributed by atoms with E-state index in [1.807, 2.05) is 0 Å². The fraction of sp³-hybridized carbons (Fsp3) is 0.133. The molecule has 9 heteroatoms. The molecular formula is C15H10Cl2F2N2O3. The minimum absolute atomic E-state index is 0.111. The summed E-state index contributed by atoms with van der Waals surface area (Å²) in [4.78, 5) is 21.9. The summed E-state index contributed by atoms with van der Waals surface area (Å²) >= 11 is 11.6. The van der Waals surface area contributed by atoms with Crippen molar-refractivity contribution < 1.29 is 18.5 Å². The van der Waals surface area contributed by atoms with Crippen molar-refractivity contribution in [1.82, 2.24) is 5.32 Å². The average Bonchev–Trinajstić information content (AvgIpc) is 2.50. The Morgan fingerprint density at radius 1 is 1.17 bits per heavy atom. The maximum absolute atomic E-state index is 13.5. The standard InChI is InChI=1S/C15H10Cl2F2N2O3/c1-7(9-5-13(19)11(17)6-10(9)16)20-15(22)8-2-3-12(18)14(4-8)21(23)24/h2-7H,1H3,(H,20,22)/t7-/m0/s1. The van der Waals surface area contributed by atoms with Crippen LogP contribution in [-0.2, 0) is 0 Å². The van der Waals surface area contributed by atoms with Gasteiger partial charge in [0.1, 0.15) is 5.82 Å². The van der Waals surface area contributed by atoms with Gasteiger partial charge in [-0.25, -0.2) is 4.39 Å². The monoisotopic (exact) mass is 374 g/mol. The molecule has 0 spiro atoms. The number of benzene rings is 2. The van der Waals surface area contributed by atoms with Crippen molar-refractivity contribution in [2.45, 2.75) is 13.0 Å². The lowest BCUT2D eigenvalue weighted by atomic mass is 10.1. The highest BCUT2D eigenvalue weighted by Gasteiger charge is 2.20. The third-order valence-corrected chi connectivity index (χ3v) is 3.88. The van der Waals surface area contributed by atoms with Gasteiger partial charge in [0.05, 0.1) is 16.0 Å². The van der Waals surface area contributed by atoms with E-state index in [0.717, 1.165) is 24.3 Å². The Balaban J connectivity index is 2.25. The van der Waals surface area contributed by atoms with Gasteiger partial charge in [-0.15, -0.1) is 0 Å². The largest absolute Gasteiger partial charge is 0.345 e. The van der Waals surface area contributed by atoms with Crippen molar-refractivity contribution in [3.63, 3.8) is 0 Å². The van der Waals surface area contributed by atoms with Gasteiger partial charge >= 0.3 is 5.69 Å². The van der Waals surface area contributed by atoms with E-state index in [-0.39, 0.29) is 21.2 Å².